The molecule has 122 valence electrons. The number of halogens is 1. The van der Waals surface area contributed by atoms with Gasteiger partial charge in [0.15, 0.2) is 0 Å². The molecule has 0 radical (unpaired) electrons. The van der Waals surface area contributed by atoms with E-state index in [9.17, 15) is 4.79 Å². The first-order valence-corrected chi connectivity index (χ1v) is 8.35. The minimum absolute atomic E-state index is 0.0147. The van der Waals surface area contributed by atoms with Crippen molar-refractivity contribution in [3.8, 4) is 0 Å². The molecule has 0 unspecified atom stereocenters. The quantitative estimate of drug-likeness (QED) is 0.731. The number of nitrogens with one attached hydrogen (secondary N) is 1. The van der Waals surface area contributed by atoms with Crippen LogP contribution in [-0.2, 0) is 11.3 Å². The number of benzene rings is 1. The molecule has 0 fully saturated rings. The highest BCUT2D eigenvalue weighted by Gasteiger charge is 2.10. The van der Waals surface area contributed by atoms with E-state index in [-0.39, 0.29) is 12.5 Å². The molecule has 24 heavy (non-hydrogen) atoms. The molecule has 0 aliphatic carbocycles. The Balaban J connectivity index is 1.66. The Morgan fingerprint density at radius 2 is 2.00 bits per heavy atom. The van der Waals surface area contributed by atoms with Crippen molar-refractivity contribution in [1.29, 1.82) is 0 Å². The predicted molar refractivity (Wildman–Crippen MR) is 98.6 cm³/mol. The van der Waals surface area contributed by atoms with Crippen LogP contribution in [0.3, 0.4) is 0 Å². The minimum Gasteiger partial charge on any atom is -0.374 e. The van der Waals surface area contributed by atoms with Crippen LogP contribution < -0.4 is 5.32 Å². The molecule has 3 rings (SSSR count). The monoisotopic (exact) mass is 384 g/mol. The summed E-state index contributed by atoms with van der Waals surface area (Å²) in [5, 5.41) is 3.16. The number of rotatable bonds is 5. The Kier molecular flexibility index (Phi) is 5.05. The molecule has 6 heteroatoms. The van der Waals surface area contributed by atoms with E-state index in [1.165, 1.54) is 0 Å². The van der Waals surface area contributed by atoms with Crippen LogP contribution in [0.1, 0.15) is 5.56 Å². The lowest BCUT2D eigenvalue weighted by atomic mass is 10.2. The van der Waals surface area contributed by atoms with Gasteiger partial charge in [-0.3, -0.25) is 14.8 Å². The molecule has 1 amide bonds. The summed E-state index contributed by atoms with van der Waals surface area (Å²) in [5.74, 6) is 0.0147. The Bertz CT molecular complexity index is 854. The van der Waals surface area contributed by atoms with Crippen molar-refractivity contribution < 1.29 is 4.79 Å². The summed E-state index contributed by atoms with van der Waals surface area (Å²) in [6, 6.07) is 13.7. The van der Waals surface area contributed by atoms with E-state index in [2.05, 4.69) is 31.2 Å². The Morgan fingerprint density at radius 1 is 1.21 bits per heavy atom. The van der Waals surface area contributed by atoms with Crippen molar-refractivity contribution in [1.82, 2.24) is 14.9 Å². The summed E-state index contributed by atoms with van der Waals surface area (Å²) in [6.45, 7) is 0.795. The number of nitrogens with zero attached hydrogens (tertiary/aromatic N) is 3. The number of hydrogen-bond acceptors (Lipinski definition) is 4. The number of carbonyl (C=O) groups is 1. The number of carbonyl (C=O) groups excluding carboxylic acids is 1. The van der Waals surface area contributed by atoms with Crippen LogP contribution in [0.4, 0.5) is 5.69 Å². The van der Waals surface area contributed by atoms with Gasteiger partial charge < -0.3 is 10.2 Å². The van der Waals surface area contributed by atoms with E-state index in [0.717, 1.165) is 26.8 Å². The highest BCUT2D eigenvalue weighted by molar-refractivity contribution is 9.10. The van der Waals surface area contributed by atoms with Gasteiger partial charge in [-0.05, 0) is 33.6 Å². The first-order chi connectivity index (χ1) is 11.6. The van der Waals surface area contributed by atoms with Crippen molar-refractivity contribution in [2.45, 2.75) is 6.54 Å². The largest absolute Gasteiger partial charge is 0.374 e. The van der Waals surface area contributed by atoms with Crippen LogP contribution in [0.5, 0.6) is 0 Å². The van der Waals surface area contributed by atoms with E-state index in [0.29, 0.717) is 6.54 Å². The van der Waals surface area contributed by atoms with E-state index in [4.69, 9.17) is 0 Å². The van der Waals surface area contributed by atoms with Crippen LogP contribution in [0.2, 0.25) is 0 Å². The zero-order valence-corrected chi connectivity index (χ0v) is 14.8. The third-order valence-electron chi connectivity index (χ3n) is 3.66. The third kappa shape index (κ3) is 3.89. The molecular weight excluding hydrogens is 368 g/mol. The number of fused-ring (bicyclic) bond motifs is 1. The fourth-order valence-electron chi connectivity index (χ4n) is 2.40. The van der Waals surface area contributed by atoms with Crippen molar-refractivity contribution in [3.05, 3.63) is 64.9 Å². The molecule has 0 saturated carbocycles. The van der Waals surface area contributed by atoms with Gasteiger partial charge in [0.05, 0.1) is 17.7 Å². The lowest BCUT2D eigenvalue weighted by Crippen LogP contribution is -2.31. The number of anilines is 1. The summed E-state index contributed by atoms with van der Waals surface area (Å²) < 4.78 is 0.873. The fraction of sp³-hybridized carbons (Fsp3) is 0.167. The molecule has 1 aromatic carbocycles. The van der Waals surface area contributed by atoms with Gasteiger partial charge in [0.1, 0.15) is 5.52 Å². The second-order valence-electron chi connectivity index (χ2n) is 5.47. The summed E-state index contributed by atoms with van der Waals surface area (Å²) >= 11 is 3.39. The smallest absolute Gasteiger partial charge is 0.241 e. The molecule has 0 spiro atoms. The van der Waals surface area contributed by atoms with Crippen molar-refractivity contribution in [2.75, 3.05) is 18.9 Å². The number of likely N-dealkylation sites (N-methyl/N-ethyl adjacent to an activating group) is 1. The van der Waals surface area contributed by atoms with Crippen LogP contribution >= 0.6 is 15.9 Å². The third-order valence-corrected chi connectivity index (χ3v) is 4.10. The number of pyridine rings is 2. The first kappa shape index (κ1) is 16.4. The Hall–Kier alpha value is -2.47. The molecule has 0 saturated heterocycles. The van der Waals surface area contributed by atoms with E-state index in [1.807, 2.05) is 42.5 Å². The standard InChI is InChI=1S/C18H17BrN4O/c1-23(12-13-5-3-2-4-6-13)17(24)11-21-15-7-8-20-16-9-14(19)10-22-18(15)16/h2-10H,11-12H2,1H3,(H,20,21). The van der Waals surface area contributed by atoms with Gasteiger partial charge in [0.2, 0.25) is 5.91 Å². The van der Waals surface area contributed by atoms with Crippen LogP contribution in [0.15, 0.2) is 59.3 Å². The van der Waals surface area contributed by atoms with Crippen LogP contribution in [-0.4, -0.2) is 34.4 Å². The zero-order chi connectivity index (χ0) is 16.9. The molecule has 2 aromatic heterocycles. The van der Waals surface area contributed by atoms with Crippen molar-refractivity contribution in [3.63, 3.8) is 0 Å². The lowest BCUT2D eigenvalue weighted by Gasteiger charge is -2.18. The van der Waals surface area contributed by atoms with Gasteiger partial charge in [-0.2, -0.15) is 0 Å². The van der Waals surface area contributed by atoms with Gasteiger partial charge in [-0.25, -0.2) is 0 Å². The van der Waals surface area contributed by atoms with Crippen LogP contribution in [0.25, 0.3) is 11.0 Å². The van der Waals surface area contributed by atoms with E-state index >= 15 is 0 Å². The lowest BCUT2D eigenvalue weighted by molar-refractivity contribution is -0.128. The summed E-state index contributed by atoms with van der Waals surface area (Å²) in [5.41, 5.74) is 3.43. The van der Waals surface area contributed by atoms with E-state index in [1.54, 1.807) is 24.3 Å². The van der Waals surface area contributed by atoms with Gasteiger partial charge >= 0.3 is 0 Å². The highest BCUT2D eigenvalue weighted by atomic mass is 79.9. The summed E-state index contributed by atoms with van der Waals surface area (Å²) in [6.07, 6.45) is 3.43. The second-order valence-corrected chi connectivity index (χ2v) is 6.38. The Labute approximate surface area is 148 Å². The molecule has 1 N–H and O–H groups in total. The topological polar surface area (TPSA) is 58.1 Å². The van der Waals surface area contributed by atoms with Gasteiger partial charge in [0.25, 0.3) is 0 Å². The molecule has 2 heterocycles. The van der Waals surface area contributed by atoms with Crippen molar-refractivity contribution in [2.24, 2.45) is 0 Å². The second kappa shape index (κ2) is 7.40. The number of aromatic nitrogens is 2. The SMILES string of the molecule is CN(Cc1ccccc1)C(=O)CNc1ccnc2cc(Br)cnc12. The zero-order valence-electron chi connectivity index (χ0n) is 13.2. The fourth-order valence-corrected chi connectivity index (χ4v) is 2.72. The maximum Gasteiger partial charge on any atom is 0.241 e. The summed E-state index contributed by atoms with van der Waals surface area (Å²) in [4.78, 5) is 22.7. The molecule has 3 aromatic rings. The molecular formula is C18H17BrN4O. The molecule has 0 bridgehead atoms. The maximum absolute atomic E-state index is 12.3. The Morgan fingerprint density at radius 3 is 2.79 bits per heavy atom. The molecule has 0 aliphatic rings. The predicted octanol–water partition coefficient (Wildman–Crippen LogP) is 3.46. The average molecular weight is 385 g/mol. The molecule has 0 atom stereocenters. The highest BCUT2D eigenvalue weighted by Crippen LogP contribution is 2.21. The normalized spacial score (nSPS) is 10.6. The minimum atomic E-state index is 0.0147. The molecule has 5 nitrogen and oxygen atoms in total. The van der Waals surface area contributed by atoms with Crippen LogP contribution in [0, 0.1) is 0 Å². The van der Waals surface area contributed by atoms with E-state index < -0.39 is 0 Å². The van der Waals surface area contributed by atoms with Gasteiger partial charge in [-0.1, -0.05) is 30.3 Å². The van der Waals surface area contributed by atoms with Gasteiger partial charge in [0, 0.05) is 30.5 Å². The number of amides is 1. The first-order valence-electron chi connectivity index (χ1n) is 7.55. The van der Waals surface area contributed by atoms with Gasteiger partial charge in [-0.15, -0.1) is 0 Å². The molecule has 0 aliphatic heterocycles. The maximum atomic E-state index is 12.3. The average Bonchev–Trinajstić information content (AvgIpc) is 2.60. The van der Waals surface area contributed by atoms with Crippen molar-refractivity contribution >= 4 is 38.6 Å². The number of hydrogen-bond donors (Lipinski definition) is 1. The summed E-state index contributed by atoms with van der Waals surface area (Å²) in [7, 11) is 1.80.